The molecule has 1 saturated heterocycles. The van der Waals surface area contributed by atoms with Gasteiger partial charge >= 0.3 is 0 Å². The average Bonchev–Trinajstić information content (AvgIpc) is 3.18. The fourth-order valence-corrected chi connectivity index (χ4v) is 3.83. The predicted molar refractivity (Wildman–Crippen MR) is 121 cm³/mol. The SMILES string of the molecule is COCC(c1ncc(F)cc1F)N(c1cn(C)cn1)c1nc(N)nc(N2CCOC(C)(C)C2)n1. The van der Waals surface area contributed by atoms with Gasteiger partial charge in [0.15, 0.2) is 5.82 Å². The molecule has 4 rings (SSSR count). The van der Waals surface area contributed by atoms with Crippen molar-refractivity contribution in [2.24, 2.45) is 7.05 Å². The van der Waals surface area contributed by atoms with Crippen LogP contribution in [0.3, 0.4) is 0 Å². The van der Waals surface area contributed by atoms with E-state index in [1.165, 1.54) is 7.11 Å². The van der Waals surface area contributed by atoms with Crippen LogP contribution in [0.2, 0.25) is 0 Å². The van der Waals surface area contributed by atoms with Gasteiger partial charge in [0.05, 0.1) is 31.3 Å². The second kappa shape index (κ2) is 9.43. The Labute approximate surface area is 195 Å². The van der Waals surface area contributed by atoms with Gasteiger partial charge < -0.3 is 24.7 Å². The predicted octanol–water partition coefficient (Wildman–Crippen LogP) is 2.00. The molecule has 182 valence electrons. The lowest BCUT2D eigenvalue weighted by Crippen LogP contribution is -2.49. The summed E-state index contributed by atoms with van der Waals surface area (Å²) in [6, 6.07) is -0.110. The molecule has 0 aliphatic carbocycles. The van der Waals surface area contributed by atoms with Crippen molar-refractivity contribution in [1.29, 1.82) is 0 Å². The van der Waals surface area contributed by atoms with Crippen LogP contribution in [0.4, 0.5) is 32.4 Å². The van der Waals surface area contributed by atoms with Crippen LogP contribution in [-0.4, -0.2) is 68.5 Å². The second-order valence-electron chi connectivity index (χ2n) is 8.58. The molecule has 1 aliphatic heterocycles. The highest BCUT2D eigenvalue weighted by Gasteiger charge is 2.33. The van der Waals surface area contributed by atoms with Gasteiger partial charge in [-0.1, -0.05) is 0 Å². The molecule has 3 aromatic heterocycles. The smallest absolute Gasteiger partial charge is 0.238 e. The van der Waals surface area contributed by atoms with Gasteiger partial charge in [-0.05, 0) is 13.8 Å². The van der Waals surface area contributed by atoms with Gasteiger partial charge in [-0.2, -0.15) is 15.0 Å². The molecule has 0 amide bonds. The van der Waals surface area contributed by atoms with Crippen LogP contribution in [-0.2, 0) is 16.5 Å². The third-order valence-electron chi connectivity index (χ3n) is 5.28. The van der Waals surface area contributed by atoms with Gasteiger partial charge in [0.25, 0.3) is 0 Å². The van der Waals surface area contributed by atoms with E-state index in [9.17, 15) is 8.78 Å². The van der Waals surface area contributed by atoms with Crippen LogP contribution in [0.1, 0.15) is 25.6 Å². The lowest BCUT2D eigenvalue weighted by atomic mass is 10.1. The van der Waals surface area contributed by atoms with E-state index in [4.69, 9.17) is 15.2 Å². The molecular formula is C21H27F2N9O2. The molecule has 1 aliphatic rings. The molecule has 0 spiro atoms. The number of hydrogen-bond donors (Lipinski definition) is 1. The summed E-state index contributed by atoms with van der Waals surface area (Å²) in [6.07, 6.45) is 4.23. The number of anilines is 4. The van der Waals surface area contributed by atoms with Crippen molar-refractivity contribution in [3.63, 3.8) is 0 Å². The molecule has 0 radical (unpaired) electrons. The molecule has 4 heterocycles. The highest BCUT2D eigenvalue weighted by atomic mass is 19.1. The molecule has 13 heteroatoms. The standard InChI is InChI=1S/C21H27F2N9O2/c1-21(2)11-31(5-6-34-21)19-27-18(24)28-20(29-19)32(16-9-30(3)12-26-16)15(10-33-4)17-14(23)7-13(22)8-25-17/h7-9,12,15H,5-6,10-11H2,1-4H3,(H2,24,27,28,29). The van der Waals surface area contributed by atoms with Crippen molar-refractivity contribution >= 4 is 23.7 Å². The quantitative estimate of drug-likeness (QED) is 0.543. The Balaban J connectivity index is 1.84. The van der Waals surface area contributed by atoms with Crippen LogP contribution in [0, 0.1) is 11.6 Å². The summed E-state index contributed by atoms with van der Waals surface area (Å²) in [5.74, 6) is -0.770. The number of nitrogens with zero attached hydrogens (tertiary/aromatic N) is 8. The topological polar surface area (TPSA) is 120 Å². The van der Waals surface area contributed by atoms with Crippen molar-refractivity contribution in [3.05, 3.63) is 42.1 Å². The van der Waals surface area contributed by atoms with Crippen molar-refractivity contribution in [2.75, 3.05) is 48.9 Å². The molecular weight excluding hydrogens is 448 g/mol. The third kappa shape index (κ3) is 5.04. The first-order valence-corrected chi connectivity index (χ1v) is 10.6. The van der Waals surface area contributed by atoms with E-state index >= 15 is 0 Å². The van der Waals surface area contributed by atoms with E-state index in [1.807, 2.05) is 18.7 Å². The van der Waals surface area contributed by atoms with Crippen molar-refractivity contribution in [2.45, 2.75) is 25.5 Å². The number of pyridine rings is 1. The average molecular weight is 476 g/mol. The number of nitrogen functional groups attached to an aromatic ring is 1. The summed E-state index contributed by atoms with van der Waals surface area (Å²) < 4.78 is 41.3. The molecule has 0 saturated carbocycles. The molecule has 1 atom stereocenters. The maximum absolute atomic E-state index is 14.8. The number of morpholine rings is 1. The molecule has 2 N–H and O–H groups in total. The molecule has 0 bridgehead atoms. The van der Waals surface area contributed by atoms with Crippen molar-refractivity contribution in [1.82, 2.24) is 29.5 Å². The largest absolute Gasteiger partial charge is 0.382 e. The Morgan fingerprint density at radius 3 is 2.71 bits per heavy atom. The number of imidazole rings is 1. The number of ether oxygens (including phenoxy) is 2. The number of nitrogens with two attached hydrogens (primary N) is 1. The first-order valence-electron chi connectivity index (χ1n) is 10.6. The van der Waals surface area contributed by atoms with Gasteiger partial charge in [-0.3, -0.25) is 9.88 Å². The molecule has 11 nitrogen and oxygen atoms in total. The highest BCUT2D eigenvalue weighted by Crippen LogP contribution is 2.34. The highest BCUT2D eigenvalue weighted by molar-refractivity contribution is 5.57. The Kier molecular flexibility index (Phi) is 6.57. The van der Waals surface area contributed by atoms with Gasteiger partial charge in [0.2, 0.25) is 17.8 Å². The summed E-state index contributed by atoms with van der Waals surface area (Å²) in [5, 5.41) is 0. The van der Waals surface area contributed by atoms with Crippen molar-refractivity contribution < 1.29 is 18.3 Å². The summed E-state index contributed by atoms with van der Waals surface area (Å²) in [7, 11) is 3.26. The number of aryl methyl sites for hydroxylation is 1. The maximum Gasteiger partial charge on any atom is 0.238 e. The molecule has 1 fully saturated rings. The zero-order valence-corrected chi connectivity index (χ0v) is 19.4. The van der Waals surface area contributed by atoms with Crippen LogP contribution in [0.25, 0.3) is 0 Å². The van der Waals surface area contributed by atoms with Gasteiger partial charge in [0, 0.05) is 39.5 Å². The Morgan fingerprint density at radius 2 is 2.06 bits per heavy atom. The van der Waals surface area contributed by atoms with Gasteiger partial charge in [0.1, 0.15) is 23.4 Å². The number of rotatable bonds is 7. The van der Waals surface area contributed by atoms with E-state index < -0.39 is 23.3 Å². The van der Waals surface area contributed by atoms with E-state index in [2.05, 4.69) is 24.9 Å². The summed E-state index contributed by atoms with van der Waals surface area (Å²) in [6.45, 7) is 5.53. The minimum atomic E-state index is -0.878. The molecule has 1 unspecified atom stereocenters. The Hall–Kier alpha value is -3.45. The number of hydrogen-bond acceptors (Lipinski definition) is 10. The molecule has 34 heavy (non-hydrogen) atoms. The first-order chi connectivity index (χ1) is 16.2. The zero-order valence-electron chi connectivity index (χ0n) is 19.4. The lowest BCUT2D eigenvalue weighted by Gasteiger charge is -2.38. The Morgan fingerprint density at radius 1 is 1.26 bits per heavy atom. The minimum Gasteiger partial charge on any atom is -0.382 e. The fourth-order valence-electron chi connectivity index (χ4n) is 3.83. The summed E-state index contributed by atoms with van der Waals surface area (Å²) >= 11 is 0. The maximum atomic E-state index is 14.8. The van der Waals surface area contributed by atoms with Crippen LogP contribution in [0.15, 0.2) is 24.8 Å². The lowest BCUT2D eigenvalue weighted by molar-refractivity contribution is -0.0281. The van der Waals surface area contributed by atoms with Crippen LogP contribution in [0.5, 0.6) is 0 Å². The normalized spacial score (nSPS) is 16.5. The Bertz CT molecular complexity index is 1160. The van der Waals surface area contributed by atoms with Gasteiger partial charge in [-0.15, -0.1) is 0 Å². The second-order valence-corrected chi connectivity index (χ2v) is 8.58. The monoisotopic (exact) mass is 475 g/mol. The number of methoxy groups -OCH3 is 1. The van der Waals surface area contributed by atoms with Crippen LogP contribution >= 0.6 is 0 Å². The minimum absolute atomic E-state index is 0.0162. The summed E-state index contributed by atoms with van der Waals surface area (Å²) in [4.78, 5) is 25.2. The first kappa shape index (κ1) is 23.7. The molecule has 0 aromatic carbocycles. The molecule has 3 aromatic rings. The van der Waals surface area contributed by atoms with Crippen LogP contribution < -0.4 is 15.5 Å². The number of aromatic nitrogens is 6. The van der Waals surface area contributed by atoms with Gasteiger partial charge in [-0.25, -0.2) is 13.8 Å². The van der Waals surface area contributed by atoms with E-state index in [-0.39, 0.29) is 24.2 Å². The fraction of sp³-hybridized carbons (Fsp3) is 0.476. The van der Waals surface area contributed by atoms with E-state index in [0.29, 0.717) is 31.5 Å². The number of halogens is 2. The summed E-state index contributed by atoms with van der Waals surface area (Å²) in [5.41, 5.74) is 5.62. The van der Waals surface area contributed by atoms with E-state index in [1.54, 1.807) is 29.0 Å². The third-order valence-corrected chi connectivity index (χ3v) is 5.28. The van der Waals surface area contributed by atoms with E-state index in [0.717, 1.165) is 12.3 Å². The van der Waals surface area contributed by atoms with Crippen molar-refractivity contribution in [3.8, 4) is 0 Å². The zero-order chi connectivity index (χ0) is 24.5.